The molecule has 0 saturated carbocycles. The molecule has 2 heterocycles. The first-order chi connectivity index (χ1) is 7.97. The minimum absolute atomic E-state index is 0.0231. The SMILES string of the molecule is Cc1ccsc1CNc1nc(C(C)(C)C)ns1. The van der Waals surface area contributed by atoms with E-state index in [4.69, 9.17) is 0 Å². The Bertz CT molecular complexity index is 494. The summed E-state index contributed by atoms with van der Waals surface area (Å²) in [6.07, 6.45) is 0. The summed E-state index contributed by atoms with van der Waals surface area (Å²) in [5.74, 6) is 0.910. The number of aryl methyl sites for hydroxylation is 1. The third-order valence-electron chi connectivity index (χ3n) is 2.47. The molecule has 0 radical (unpaired) electrons. The van der Waals surface area contributed by atoms with Crippen molar-refractivity contribution in [3.8, 4) is 0 Å². The molecule has 17 heavy (non-hydrogen) atoms. The van der Waals surface area contributed by atoms with Crippen LogP contribution in [0.15, 0.2) is 11.4 Å². The van der Waals surface area contributed by atoms with Crippen molar-refractivity contribution in [1.29, 1.82) is 0 Å². The molecule has 0 aliphatic rings. The van der Waals surface area contributed by atoms with Crippen molar-refractivity contribution in [3.63, 3.8) is 0 Å². The van der Waals surface area contributed by atoms with E-state index in [0.29, 0.717) is 0 Å². The molecule has 0 aliphatic heterocycles. The van der Waals surface area contributed by atoms with E-state index in [0.717, 1.165) is 17.5 Å². The van der Waals surface area contributed by atoms with E-state index in [1.54, 1.807) is 11.3 Å². The van der Waals surface area contributed by atoms with Crippen molar-refractivity contribution in [3.05, 3.63) is 27.7 Å². The highest BCUT2D eigenvalue weighted by atomic mass is 32.1. The first-order valence-electron chi connectivity index (χ1n) is 5.58. The summed E-state index contributed by atoms with van der Waals surface area (Å²) in [4.78, 5) is 5.87. The Morgan fingerprint density at radius 1 is 1.35 bits per heavy atom. The average Bonchev–Trinajstić information content (AvgIpc) is 2.82. The fourth-order valence-corrected chi connectivity index (χ4v) is 2.94. The molecule has 0 unspecified atom stereocenters. The highest BCUT2D eigenvalue weighted by Gasteiger charge is 2.19. The third-order valence-corrected chi connectivity index (χ3v) is 4.16. The molecular weight excluding hydrogens is 250 g/mol. The topological polar surface area (TPSA) is 37.8 Å². The van der Waals surface area contributed by atoms with Gasteiger partial charge in [0.25, 0.3) is 0 Å². The van der Waals surface area contributed by atoms with Crippen molar-refractivity contribution >= 4 is 28.0 Å². The molecule has 0 spiro atoms. The van der Waals surface area contributed by atoms with Crippen LogP contribution in [-0.4, -0.2) is 9.36 Å². The summed E-state index contributed by atoms with van der Waals surface area (Å²) >= 11 is 3.21. The van der Waals surface area contributed by atoms with Gasteiger partial charge in [0, 0.05) is 21.8 Å². The van der Waals surface area contributed by atoms with Gasteiger partial charge in [0.15, 0.2) is 0 Å². The number of nitrogens with zero attached hydrogens (tertiary/aromatic N) is 2. The Kier molecular flexibility index (Phi) is 3.49. The third kappa shape index (κ3) is 3.04. The zero-order valence-corrected chi connectivity index (χ0v) is 12.2. The van der Waals surface area contributed by atoms with Crippen LogP contribution in [-0.2, 0) is 12.0 Å². The van der Waals surface area contributed by atoms with Crippen LogP contribution in [0.25, 0.3) is 0 Å². The molecule has 0 amide bonds. The second kappa shape index (κ2) is 4.74. The quantitative estimate of drug-likeness (QED) is 0.918. The molecule has 0 aromatic carbocycles. The highest BCUT2D eigenvalue weighted by molar-refractivity contribution is 7.10. The lowest BCUT2D eigenvalue weighted by molar-refractivity contribution is 0.555. The smallest absolute Gasteiger partial charge is 0.202 e. The number of nitrogens with one attached hydrogen (secondary N) is 1. The van der Waals surface area contributed by atoms with Crippen LogP contribution in [0.1, 0.15) is 37.0 Å². The van der Waals surface area contributed by atoms with Crippen LogP contribution < -0.4 is 5.32 Å². The summed E-state index contributed by atoms with van der Waals surface area (Å²) in [6, 6.07) is 2.14. The maximum absolute atomic E-state index is 4.51. The first kappa shape index (κ1) is 12.5. The second-order valence-corrected chi connectivity index (χ2v) is 6.81. The normalized spacial score (nSPS) is 11.8. The van der Waals surface area contributed by atoms with Crippen LogP contribution in [0.2, 0.25) is 0 Å². The van der Waals surface area contributed by atoms with Crippen LogP contribution in [0, 0.1) is 6.92 Å². The van der Waals surface area contributed by atoms with Gasteiger partial charge in [-0.1, -0.05) is 20.8 Å². The Balaban J connectivity index is 2.01. The fourth-order valence-electron chi connectivity index (χ4n) is 1.34. The van der Waals surface area contributed by atoms with Crippen LogP contribution in [0.5, 0.6) is 0 Å². The van der Waals surface area contributed by atoms with Crippen LogP contribution >= 0.6 is 22.9 Å². The lowest BCUT2D eigenvalue weighted by Gasteiger charge is -2.12. The molecule has 0 atom stereocenters. The first-order valence-corrected chi connectivity index (χ1v) is 7.23. The highest BCUT2D eigenvalue weighted by Crippen LogP contribution is 2.24. The van der Waals surface area contributed by atoms with Gasteiger partial charge in [-0.3, -0.25) is 0 Å². The van der Waals surface area contributed by atoms with Crippen LogP contribution in [0.4, 0.5) is 5.13 Å². The number of rotatable bonds is 3. The van der Waals surface area contributed by atoms with Crippen molar-refractivity contribution < 1.29 is 0 Å². The van der Waals surface area contributed by atoms with Gasteiger partial charge in [-0.15, -0.1) is 11.3 Å². The number of anilines is 1. The molecule has 0 fully saturated rings. The van der Waals surface area contributed by atoms with Gasteiger partial charge in [0.05, 0.1) is 6.54 Å². The van der Waals surface area contributed by atoms with Crippen LogP contribution in [0.3, 0.4) is 0 Å². The minimum atomic E-state index is 0.0231. The van der Waals surface area contributed by atoms with E-state index < -0.39 is 0 Å². The molecule has 2 aromatic heterocycles. The van der Waals surface area contributed by atoms with Gasteiger partial charge in [0.2, 0.25) is 5.13 Å². The lowest BCUT2D eigenvalue weighted by Crippen LogP contribution is -2.13. The molecule has 92 valence electrons. The van der Waals surface area contributed by atoms with E-state index in [9.17, 15) is 0 Å². The van der Waals surface area contributed by atoms with Gasteiger partial charge in [0.1, 0.15) is 5.82 Å². The van der Waals surface area contributed by atoms with Gasteiger partial charge < -0.3 is 5.32 Å². The molecule has 2 aromatic rings. The van der Waals surface area contributed by atoms with E-state index in [1.165, 1.54) is 22.0 Å². The van der Waals surface area contributed by atoms with Crippen molar-refractivity contribution in [1.82, 2.24) is 9.36 Å². The van der Waals surface area contributed by atoms with E-state index in [2.05, 4.69) is 53.8 Å². The molecule has 3 nitrogen and oxygen atoms in total. The van der Waals surface area contributed by atoms with Gasteiger partial charge in [-0.2, -0.15) is 4.37 Å². The number of aromatic nitrogens is 2. The molecule has 0 saturated heterocycles. The standard InChI is InChI=1S/C12H17N3S2/c1-8-5-6-16-9(8)7-13-11-14-10(15-17-11)12(2,3)4/h5-6H,7H2,1-4H3,(H,13,14,15). The zero-order valence-electron chi connectivity index (χ0n) is 10.6. The second-order valence-electron chi connectivity index (χ2n) is 5.05. The zero-order chi connectivity index (χ0) is 12.5. The van der Waals surface area contributed by atoms with Crippen molar-refractivity contribution in [2.75, 3.05) is 5.32 Å². The van der Waals surface area contributed by atoms with Crippen molar-refractivity contribution in [2.45, 2.75) is 39.7 Å². The van der Waals surface area contributed by atoms with E-state index in [1.807, 2.05) is 0 Å². The summed E-state index contributed by atoms with van der Waals surface area (Å²) in [6.45, 7) is 9.35. The Labute approximate surface area is 110 Å². The van der Waals surface area contributed by atoms with Gasteiger partial charge >= 0.3 is 0 Å². The number of hydrogen-bond donors (Lipinski definition) is 1. The fraction of sp³-hybridized carbons (Fsp3) is 0.500. The molecule has 0 bridgehead atoms. The number of hydrogen-bond acceptors (Lipinski definition) is 5. The van der Waals surface area contributed by atoms with Crippen molar-refractivity contribution in [2.24, 2.45) is 0 Å². The Hall–Kier alpha value is -0.940. The summed E-state index contributed by atoms with van der Waals surface area (Å²) < 4.78 is 4.38. The predicted molar refractivity (Wildman–Crippen MR) is 75.0 cm³/mol. The summed E-state index contributed by atoms with van der Waals surface area (Å²) in [7, 11) is 0. The monoisotopic (exact) mass is 267 g/mol. The Morgan fingerprint density at radius 2 is 2.12 bits per heavy atom. The molecule has 2 rings (SSSR count). The predicted octanol–water partition coefficient (Wildman–Crippen LogP) is 3.82. The maximum atomic E-state index is 4.51. The summed E-state index contributed by atoms with van der Waals surface area (Å²) in [5, 5.41) is 6.36. The lowest BCUT2D eigenvalue weighted by atomic mass is 9.96. The largest absolute Gasteiger partial charge is 0.355 e. The Morgan fingerprint density at radius 3 is 2.65 bits per heavy atom. The molecule has 1 N–H and O–H groups in total. The molecule has 5 heteroatoms. The van der Waals surface area contributed by atoms with E-state index >= 15 is 0 Å². The van der Waals surface area contributed by atoms with E-state index in [-0.39, 0.29) is 5.41 Å². The minimum Gasteiger partial charge on any atom is -0.355 e. The summed E-state index contributed by atoms with van der Waals surface area (Å²) in [5.41, 5.74) is 1.36. The number of thiophene rings is 1. The average molecular weight is 267 g/mol. The molecule has 0 aliphatic carbocycles. The van der Waals surface area contributed by atoms with Gasteiger partial charge in [-0.05, 0) is 23.9 Å². The van der Waals surface area contributed by atoms with Gasteiger partial charge in [-0.25, -0.2) is 4.98 Å². The maximum Gasteiger partial charge on any atom is 0.202 e. The molecular formula is C12H17N3S2.